The molecule has 0 radical (unpaired) electrons. The average molecular weight is 244 g/mol. The number of rotatable bonds is 3. The molecule has 0 bridgehead atoms. The van der Waals surface area contributed by atoms with Gasteiger partial charge in [0.2, 0.25) is 0 Å². The van der Waals surface area contributed by atoms with Crippen LogP contribution in [0.4, 0.5) is 4.39 Å². The van der Waals surface area contributed by atoms with Gasteiger partial charge in [0.05, 0.1) is 6.61 Å². The summed E-state index contributed by atoms with van der Waals surface area (Å²) in [6, 6.07) is 1.20. The number of alkyl halides is 1. The third-order valence-corrected chi connectivity index (χ3v) is 2.65. The highest BCUT2D eigenvalue weighted by Gasteiger charge is 2.36. The molecule has 2 rings (SSSR count). The van der Waals surface area contributed by atoms with Gasteiger partial charge in [-0.15, -0.1) is 0 Å². The Hall–Kier alpha value is -1.47. The topological polar surface area (TPSA) is 73.3 Å². The van der Waals surface area contributed by atoms with E-state index >= 15 is 0 Å². The van der Waals surface area contributed by atoms with Crippen molar-refractivity contribution in [2.24, 2.45) is 0 Å². The first-order valence-corrected chi connectivity index (χ1v) is 5.21. The number of halogens is 1. The fraction of sp³-hybridized carbons (Fsp3) is 0.600. The van der Waals surface area contributed by atoms with Crippen LogP contribution in [0.1, 0.15) is 12.6 Å². The fourth-order valence-corrected chi connectivity index (χ4v) is 1.83. The molecule has 94 valence electrons. The van der Waals surface area contributed by atoms with Crippen LogP contribution in [0.25, 0.3) is 0 Å². The van der Waals surface area contributed by atoms with Crippen molar-refractivity contribution in [3.8, 4) is 0 Å². The van der Waals surface area contributed by atoms with Crippen LogP contribution in [-0.4, -0.2) is 35.5 Å². The summed E-state index contributed by atoms with van der Waals surface area (Å²) in [5.74, 6) is 0. The summed E-state index contributed by atoms with van der Waals surface area (Å²) in [6.07, 6.45) is -1.19. The normalized spacial score (nSPS) is 28.5. The molecule has 1 aliphatic heterocycles. The van der Waals surface area contributed by atoms with Crippen molar-refractivity contribution >= 4 is 0 Å². The number of H-pyrrole nitrogens is 1. The Balaban J connectivity index is 2.19. The van der Waals surface area contributed by atoms with E-state index in [0.717, 1.165) is 0 Å². The van der Waals surface area contributed by atoms with Crippen LogP contribution in [0.5, 0.6) is 0 Å². The van der Waals surface area contributed by atoms with E-state index < -0.39 is 29.8 Å². The minimum atomic E-state index is -1.18. The first kappa shape index (κ1) is 12.0. The number of aromatic nitrogens is 2. The molecule has 1 aromatic heterocycles. The molecule has 17 heavy (non-hydrogen) atoms. The number of hydrogen-bond donors (Lipinski definition) is 1. The van der Waals surface area contributed by atoms with Crippen molar-refractivity contribution in [1.29, 1.82) is 0 Å². The monoisotopic (exact) mass is 244 g/mol. The number of aromatic amines is 1. The Morgan fingerprint density at radius 2 is 2.41 bits per heavy atom. The zero-order chi connectivity index (χ0) is 12.4. The van der Waals surface area contributed by atoms with Gasteiger partial charge < -0.3 is 9.47 Å². The Bertz CT molecular complexity index is 498. The lowest BCUT2D eigenvalue weighted by molar-refractivity contribution is -0.0446. The van der Waals surface area contributed by atoms with E-state index in [1.54, 1.807) is 0 Å². The lowest BCUT2D eigenvalue weighted by atomic mass is 10.2. The number of methoxy groups -OCH3 is 1. The highest BCUT2D eigenvalue weighted by Crippen LogP contribution is 2.29. The van der Waals surface area contributed by atoms with Gasteiger partial charge in [-0.05, 0) is 0 Å². The van der Waals surface area contributed by atoms with E-state index in [1.165, 1.54) is 23.9 Å². The minimum Gasteiger partial charge on any atom is -0.382 e. The second kappa shape index (κ2) is 4.80. The Morgan fingerprint density at radius 1 is 1.65 bits per heavy atom. The van der Waals surface area contributed by atoms with Crippen molar-refractivity contribution in [3.63, 3.8) is 0 Å². The Kier molecular flexibility index (Phi) is 3.39. The molecule has 0 amide bonds. The number of hydrogen-bond acceptors (Lipinski definition) is 4. The number of ether oxygens (including phenoxy) is 2. The Morgan fingerprint density at radius 3 is 3.06 bits per heavy atom. The molecule has 3 atom stereocenters. The summed E-state index contributed by atoms with van der Waals surface area (Å²) in [7, 11) is 1.45. The van der Waals surface area contributed by atoms with Crippen molar-refractivity contribution in [2.45, 2.75) is 24.9 Å². The van der Waals surface area contributed by atoms with Gasteiger partial charge in [0.15, 0.2) is 0 Å². The van der Waals surface area contributed by atoms with E-state index in [0.29, 0.717) is 0 Å². The third-order valence-electron chi connectivity index (χ3n) is 2.65. The molecule has 1 aromatic rings. The third kappa shape index (κ3) is 2.45. The van der Waals surface area contributed by atoms with Crippen LogP contribution in [-0.2, 0) is 9.47 Å². The lowest BCUT2D eigenvalue weighted by Gasteiger charge is -2.14. The number of nitrogens with zero attached hydrogens (tertiary/aromatic N) is 1. The maximum absolute atomic E-state index is 13.5. The van der Waals surface area contributed by atoms with Crippen molar-refractivity contribution in [3.05, 3.63) is 33.1 Å². The first-order valence-electron chi connectivity index (χ1n) is 5.21. The molecular formula is C10H13FN2O4. The standard InChI is InChI=1S/C10H13FN2O4/c1-16-5-7-6(11)4-9(17-7)13-3-2-8(14)12-10(13)15/h2-3,6-7,9H,4-5H2,1H3,(H,12,14,15)/t6?,7-,9-/m1/s1. The predicted octanol–water partition coefficient (Wildman–Crippen LogP) is -0.191. The molecular weight excluding hydrogens is 231 g/mol. The molecule has 0 spiro atoms. The van der Waals surface area contributed by atoms with Crippen LogP contribution < -0.4 is 11.2 Å². The molecule has 1 aliphatic rings. The fourth-order valence-electron chi connectivity index (χ4n) is 1.83. The van der Waals surface area contributed by atoms with Crippen molar-refractivity contribution in [2.75, 3.05) is 13.7 Å². The van der Waals surface area contributed by atoms with Crippen molar-refractivity contribution < 1.29 is 13.9 Å². The molecule has 1 unspecified atom stereocenters. The maximum atomic E-state index is 13.5. The smallest absolute Gasteiger partial charge is 0.330 e. The Labute approximate surface area is 96.0 Å². The van der Waals surface area contributed by atoms with E-state index in [4.69, 9.17) is 9.47 Å². The van der Waals surface area contributed by atoms with Gasteiger partial charge in [0.1, 0.15) is 18.5 Å². The molecule has 0 aliphatic carbocycles. The van der Waals surface area contributed by atoms with Crippen molar-refractivity contribution in [1.82, 2.24) is 9.55 Å². The predicted molar refractivity (Wildman–Crippen MR) is 56.6 cm³/mol. The molecule has 0 saturated carbocycles. The first-order chi connectivity index (χ1) is 8.11. The van der Waals surface area contributed by atoms with Gasteiger partial charge >= 0.3 is 5.69 Å². The average Bonchev–Trinajstić information content (AvgIpc) is 2.60. The van der Waals surface area contributed by atoms with Gasteiger partial charge in [-0.3, -0.25) is 14.3 Å². The van der Waals surface area contributed by atoms with Gasteiger partial charge in [-0.1, -0.05) is 0 Å². The van der Waals surface area contributed by atoms with Crippen LogP contribution >= 0.6 is 0 Å². The second-order valence-electron chi connectivity index (χ2n) is 3.85. The van der Waals surface area contributed by atoms with Crippen LogP contribution in [0, 0.1) is 0 Å². The quantitative estimate of drug-likeness (QED) is 0.799. The summed E-state index contributed by atoms with van der Waals surface area (Å²) >= 11 is 0. The van der Waals surface area contributed by atoms with Crippen LogP contribution in [0.2, 0.25) is 0 Å². The zero-order valence-electron chi connectivity index (χ0n) is 9.26. The van der Waals surface area contributed by atoms with Crippen LogP contribution in [0.15, 0.2) is 21.9 Å². The summed E-state index contributed by atoms with van der Waals surface area (Å²) in [4.78, 5) is 24.5. The minimum absolute atomic E-state index is 0.0694. The van der Waals surface area contributed by atoms with E-state index in [-0.39, 0.29) is 13.0 Å². The van der Waals surface area contributed by atoms with E-state index in [9.17, 15) is 14.0 Å². The van der Waals surface area contributed by atoms with Crippen LogP contribution in [0.3, 0.4) is 0 Å². The van der Waals surface area contributed by atoms with E-state index in [1.807, 2.05) is 0 Å². The maximum Gasteiger partial charge on any atom is 0.330 e. The highest BCUT2D eigenvalue weighted by molar-refractivity contribution is 4.88. The molecule has 0 aromatic carbocycles. The van der Waals surface area contributed by atoms with Gasteiger partial charge in [0.25, 0.3) is 5.56 Å². The largest absolute Gasteiger partial charge is 0.382 e. The molecule has 1 fully saturated rings. The molecule has 7 heteroatoms. The van der Waals surface area contributed by atoms with E-state index in [2.05, 4.69) is 4.98 Å². The summed E-state index contributed by atoms with van der Waals surface area (Å²) in [5.41, 5.74) is -1.10. The second-order valence-corrected chi connectivity index (χ2v) is 3.85. The number of nitrogens with one attached hydrogen (secondary N) is 1. The molecule has 1 N–H and O–H groups in total. The summed E-state index contributed by atoms with van der Waals surface area (Å²) in [5, 5.41) is 0. The van der Waals surface area contributed by atoms with Gasteiger partial charge in [-0.2, -0.15) is 0 Å². The van der Waals surface area contributed by atoms with Gasteiger partial charge in [-0.25, -0.2) is 9.18 Å². The molecule has 2 heterocycles. The SMILES string of the molecule is COC[C@H]1O[C@@H](n2ccc(=O)[nH]c2=O)CC1F. The molecule has 6 nitrogen and oxygen atoms in total. The zero-order valence-corrected chi connectivity index (χ0v) is 9.26. The van der Waals surface area contributed by atoms with Gasteiger partial charge in [0, 0.05) is 25.8 Å². The molecule has 1 saturated heterocycles. The lowest BCUT2D eigenvalue weighted by Crippen LogP contribution is -2.31. The highest BCUT2D eigenvalue weighted by atomic mass is 19.1. The summed E-state index contributed by atoms with van der Waals surface area (Å²) in [6.45, 7) is 0.135. The summed E-state index contributed by atoms with van der Waals surface area (Å²) < 4.78 is 24.9.